The minimum Gasteiger partial charge on any atom is -0.303 e. The minimum atomic E-state index is 0.400. The topological polar surface area (TPSA) is 12.0 Å². The van der Waals surface area contributed by atoms with Gasteiger partial charge < -0.3 is 5.32 Å². The van der Waals surface area contributed by atoms with Gasteiger partial charge >= 0.3 is 0 Å². The van der Waals surface area contributed by atoms with E-state index in [0.29, 0.717) is 12.1 Å². The van der Waals surface area contributed by atoms with E-state index in [1.54, 1.807) is 0 Å². The highest BCUT2D eigenvalue weighted by Gasteiger charge is 2.23. The Labute approximate surface area is 115 Å². The van der Waals surface area contributed by atoms with Crippen molar-refractivity contribution in [1.82, 2.24) is 5.32 Å². The van der Waals surface area contributed by atoms with Gasteiger partial charge in [0.25, 0.3) is 0 Å². The molecule has 3 rings (SSSR count). The summed E-state index contributed by atoms with van der Waals surface area (Å²) in [7, 11) is 0. The first-order chi connectivity index (χ1) is 9.25. The molecule has 0 aliphatic heterocycles. The fraction of sp³-hybridized carbons (Fsp3) is 0.333. The zero-order valence-corrected chi connectivity index (χ0v) is 11.7. The second-order valence-electron chi connectivity index (χ2n) is 5.54. The molecule has 2 aromatic carbocycles. The van der Waals surface area contributed by atoms with Crippen molar-refractivity contribution in [1.29, 1.82) is 0 Å². The Balaban J connectivity index is 1.78. The smallest absolute Gasteiger partial charge is 0.0331 e. The highest BCUT2D eigenvalue weighted by atomic mass is 14.9. The predicted octanol–water partition coefficient (Wildman–Crippen LogP) is 4.33. The highest BCUT2D eigenvalue weighted by molar-refractivity contribution is 5.35. The molecule has 1 N–H and O–H groups in total. The maximum Gasteiger partial charge on any atom is 0.0331 e. The maximum atomic E-state index is 3.79. The van der Waals surface area contributed by atoms with Crippen LogP contribution in [0.1, 0.15) is 47.7 Å². The van der Waals surface area contributed by atoms with Crippen LogP contribution in [0.25, 0.3) is 0 Å². The van der Waals surface area contributed by atoms with Crippen LogP contribution in [0.15, 0.2) is 48.5 Å². The second-order valence-corrected chi connectivity index (χ2v) is 5.54. The van der Waals surface area contributed by atoms with Gasteiger partial charge in [-0.2, -0.15) is 0 Å². The number of fused-ring (bicyclic) bond motifs is 1. The molecule has 2 atom stereocenters. The van der Waals surface area contributed by atoms with E-state index < -0.39 is 0 Å². The maximum absolute atomic E-state index is 3.79. The molecular formula is C18H21N. The molecule has 1 aliphatic rings. The fourth-order valence-corrected chi connectivity index (χ4v) is 3.19. The van der Waals surface area contributed by atoms with E-state index in [9.17, 15) is 0 Å². The summed E-state index contributed by atoms with van der Waals surface area (Å²) >= 11 is 0. The van der Waals surface area contributed by atoms with E-state index in [-0.39, 0.29) is 0 Å². The van der Waals surface area contributed by atoms with Crippen LogP contribution in [0.4, 0.5) is 0 Å². The van der Waals surface area contributed by atoms with Crippen molar-refractivity contribution in [2.45, 2.75) is 38.8 Å². The molecule has 0 aromatic heterocycles. The molecule has 98 valence electrons. The zero-order chi connectivity index (χ0) is 13.2. The van der Waals surface area contributed by atoms with E-state index in [2.05, 4.69) is 67.7 Å². The van der Waals surface area contributed by atoms with Gasteiger partial charge in [-0.15, -0.1) is 0 Å². The van der Waals surface area contributed by atoms with Crippen molar-refractivity contribution in [2.24, 2.45) is 0 Å². The Bertz CT molecular complexity index is 573. The first kappa shape index (κ1) is 12.4. The monoisotopic (exact) mass is 251 g/mol. The molecule has 2 aromatic rings. The molecular weight excluding hydrogens is 230 g/mol. The second kappa shape index (κ2) is 5.18. The number of nitrogens with one attached hydrogen (secondary N) is 1. The van der Waals surface area contributed by atoms with Gasteiger partial charge in [-0.3, -0.25) is 0 Å². The lowest BCUT2D eigenvalue weighted by Gasteiger charge is -2.22. The summed E-state index contributed by atoms with van der Waals surface area (Å²) in [6.45, 7) is 4.46. The third kappa shape index (κ3) is 2.43. The van der Waals surface area contributed by atoms with Gasteiger partial charge in [0.1, 0.15) is 0 Å². The first-order valence-electron chi connectivity index (χ1n) is 7.15. The van der Waals surface area contributed by atoms with E-state index >= 15 is 0 Å². The Morgan fingerprint density at radius 2 is 1.79 bits per heavy atom. The van der Waals surface area contributed by atoms with Crippen LogP contribution in [0.5, 0.6) is 0 Å². The lowest BCUT2D eigenvalue weighted by atomic mass is 10.0. The van der Waals surface area contributed by atoms with Crippen LogP contribution in [-0.2, 0) is 6.42 Å². The van der Waals surface area contributed by atoms with Crippen molar-refractivity contribution in [3.63, 3.8) is 0 Å². The van der Waals surface area contributed by atoms with Crippen LogP contribution < -0.4 is 5.32 Å². The quantitative estimate of drug-likeness (QED) is 0.856. The lowest BCUT2D eigenvalue weighted by Crippen LogP contribution is -2.23. The van der Waals surface area contributed by atoms with Crippen LogP contribution in [0.3, 0.4) is 0 Å². The third-order valence-electron chi connectivity index (χ3n) is 4.24. The number of rotatable bonds is 3. The van der Waals surface area contributed by atoms with Gasteiger partial charge in [0.15, 0.2) is 0 Å². The van der Waals surface area contributed by atoms with Crippen LogP contribution in [0.2, 0.25) is 0 Å². The molecule has 0 amide bonds. The van der Waals surface area contributed by atoms with E-state index in [1.807, 2.05) is 0 Å². The summed E-state index contributed by atoms with van der Waals surface area (Å²) in [5.41, 5.74) is 5.78. The Kier molecular flexibility index (Phi) is 3.39. The fourth-order valence-electron chi connectivity index (χ4n) is 3.19. The minimum absolute atomic E-state index is 0.400. The summed E-state index contributed by atoms with van der Waals surface area (Å²) in [5, 5.41) is 3.79. The normalized spacial score (nSPS) is 19.2. The third-order valence-corrected chi connectivity index (χ3v) is 4.24. The van der Waals surface area contributed by atoms with E-state index in [4.69, 9.17) is 0 Å². The van der Waals surface area contributed by atoms with Crippen molar-refractivity contribution in [2.75, 3.05) is 0 Å². The Morgan fingerprint density at radius 1 is 1.05 bits per heavy atom. The average molecular weight is 251 g/mol. The molecule has 0 spiro atoms. The average Bonchev–Trinajstić information content (AvgIpc) is 2.83. The summed E-state index contributed by atoms with van der Waals surface area (Å²) < 4.78 is 0. The van der Waals surface area contributed by atoms with Gasteiger partial charge in [-0.05, 0) is 48.9 Å². The van der Waals surface area contributed by atoms with Crippen LogP contribution in [-0.4, -0.2) is 0 Å². The van der Waals surface area contributed by atoms with Crippen molar-refractivity contribution < 1.29 is 0 Å². The standard InChI is InChI=1S/C18H21N/c1-13-7-3-5-9-16(13)14(2)19-18-12-11-15-8-4-6-10-17(15)18/h3-10,14,18-19H,11-12H2,1-2H3/t14-,18?/m0/s1. The van der Waals surface area contributed by atoms with E-state index in [1.165, 1.54) is 35.1 Å². The summed E-state index contributed by atoms with van der Waals surface area (Å²) in [6.07, 6.45) is 2.42. The number of aryl methyl sites for hydroxylation is 2. The molecule has 19 heavy (non-hydrogen) atoms. The number of hydrogen-bond acceptors (Lipinski definition) is 1. The summed E-state index contributed by atoms with van der Waals surface area (Å²) in [6, 6.07) is 18.4. The Morgan fingerprint density at radius 3 is 2.63 bits per heavy atom. The lowest BCUT2D eigenvalue weighted by molar-refractivity contribution is 0.464. The molecule has 1 unspecified atom stereocenters. The van der Waals surface area contributed by atoms with Crippen molar-refractivity contribution >= 4 is 0 Å². The molecule has 0 saturated heterocycles. The molecule has 0 saturated carbocycles. The van der Waals surface area contributed by atoms with Gasteiger partial charge in [-0.25, -0.2) is 0 Å². The molecule has 0 heterocycles. The summed E-state index contributed by atoms with van der Waals surface area (Å²) in [4.78, 5) is 0. The molecule has 0 fully saturated rings. The summed E-state index contributed by atoms with van der Waals surface area (Å²) in [5.74, 6) is 0. The van der Waals surface area contributed by atoms with Crippen molar-refractivity contribution in [3.05, 3.63) is 70.8 Å². The van der Waals surface area contributed by atoms with Crippen molar-refractivity contribution in [3.8, 4) is 0 Å². The van der Waals surface area contributed by atoms with Crippen LogP contribution >= 0.6 is 0 Å². The zero-order valence-electron chi connectivity index (χ0n) is 11.7. The molecule has 0 radical (unpaired) electrons. The Hall–Kier alpha value is -1.60. The van der Waals surface area contributed by atoms with Gasteiger partial charge in [0, 0.05) is 12.1 Å². The van der Waals surface area contributed by atoms with Gasteiger partial charge in [-0.1, -0.05) is 48.5 Å². The number of hydrogen-bond donors (Lipinski definition) is 1. The molecule has 0 bridgehead atoms. The molecule has 1 nitrogen and oxygen atoms in total. The largest absolute Gasteiger partial charge is 0.303 e. The predicted molar refractivity (Wildman–Crippen MR) is 80.2 cm³/mol. The number of benzene rings is 2. The van der Waals surface area contributed by atoms with Gasteiger partial charge in [0.2, 0.25) is 0 Å². The highest BCUT2D eigenvalue weighted by Crippen LogP contribution is 2.33. The molecule has 1 heteroatoms. The first-order valence-corrected chi connectivity index (χ1v) is 7.15. The molecule has 1 aliphatic carbocycles. The van der Waals surface area contributed by atoms with E-state index in [0.717, 1.165) is 0 Å². The SMILES string of the molecule is Cc1ccccc1[C@H](C)NC1CCc2ccccc21. The van der Waals surface area contributed by atoms with Crippen LogP contribution in [0, 0.1) is 6.92 Å². The van der Waals surface area contributed by atoms with Gasteiger partial charge in [0.05, 0.1) is 0 Å².